The van der Waals surface area contributed by atoms with E-state index in [-0.39, 0.29) is 5.69 Å². The number of esters is 1. The van der Waals surface area contributed by atoms with Crippen LogP contribution < -0.4 is 5.73 Å². The molecule has 0 aliphatic heterocycles. The highest BCUT2D eigenvalue weighted by molar-refractivity contribution is 5.75. The number of aryl methyl sites for hydroxylation is 1. The Kier molecular flexibility index (Phi) is 4.59. The molecule has 17 heavy (non-hydrogen) atoms. The zero-order valence-electron chi connectivity index (χ0n) is 9.46. The van der Waals surface area contributed by atoms with E-state index in [2.05, 4.69) is 4.74 Å². The average Bonchev–Trinajstić information content (AvgIpc) is 2.35. The van der Waals surface area contributed by atoms with E-state index >= 15 is 0 Å². The first-order chi connectivity index (χ1) is 8.04. The molecule has 0 fully saturated rings. The van der Waals surface area contributed by atoms with Gasteiger partial charge in [0.15, 0.2) is 0 Å². The van der Waals surface area contributed by atoms with Crippen LogP contribution in [0.25, 0.3) is 0 Å². The van der Waals surface area contributed by atoms with Crippen LogP contribution >= 0.6 is 0 Å². The molecule has 0 heterocycles. The highest BCUT2D eigenvalue weighted by Crippen LogP contribution is 2.13. The maximum Gasteiger partial charge on any atom is 0.322 e. The predicted molar refractivity (Wildman–Crippen MR) is 61.4 cm³/mol. The summed E-state index contributed by atoms with van der Waals surface area (Å²) >= 11 is 0. The second kappa shape index (κ2) is 5.95. The maximum absolute atomic E-state index is 11.0. The summed E-state index contributed by atoms with van der Waals surface area (Å²) in [4.78, 5) is 21.0. The molecular formula is C11H14N2O4. The Morgan fingerprint density at radius 2 is 2.06 bits per heavy atom. The van der Waals surface area contributed by atoms with Crippen molar-refractivity contribution >= 4 is 11.7 Å². The van der Waals surface area contributed by atoms with E-state index in [1.165, 1.54) is 19.2 Å². The first kappa shape index (κ1) is 13.1. The van der Waals surface area contributed by atoms with E-state index in [4.69, 9.17) is 5.73 Å². The van der Waals surface area contributed by atoms with Crippen molar-refractivity contribution in [2.45, 2.75) is 18.9 Å². The van der Waals surface area contributed by atoms with Gasteiger partial charge in [0.1, 0.15) is 6.04 Å². The molecule has 0 bridgehead atoms. The Balaban J connectivity index is 2.53. The highest BCUT2D eigenvalue weighted by atomic mass is 16.6. The fourth-order valence-corrected chi connectivity index (χ4v) is 1.38. The molecule has 0 spiro atoms. The fraction of sp³-hybridized carbons (Fsp3) is 0.364. The second-order valence-corrected chi connectivity index (χ2v) is 3.59. The SMILES string of the molecule is COC(=O)C(N)CCc1ccc([N+](=O)[O-])cc1. The van der Waals surface area contributed by atoms with Crippen LogP contribution in [-0.2, 0) is 16.0 Å². The van der Waals surface area contributed by atoms with Gasteiger partial charge in [-0.3, -0.25) is 14.9 Å². The van der Waals surface area contributed by atoms with Crippen molar-refractivity contribution in [3.05, 3.63) is 39.9 Å². The number of benzene rings is 1. The van der Waals surface area contributed by atoms with Crippen molar-refractivity contribution in [2.24, 2.45) is 5.73 Å². The van der Waals surface area contributed by atoms with Gasteiger partial charge in [0.25, 0.3) is 5.69 Å². The van der Waals surface area contributed by atoms with E-state index in [0.717, 1.165) is 5.56 Å². The molecule has 1 aromatic carbocycles. The monoisotopic (exact) mass is 238 g/mol. The first-order valence-electron chi connectivity index (χ1n) is 5.11. The Labute approximate surface area is 98.5 Å². The van der Waals surface area contributed by atoms with Gasteiger partial charge >= 0.3 is 5.97 Å². The number of nitro groups is 1. The number of non-ortho nitro benzene ring substituents is 1. The molecule has 0 aliphatic rings. The van der Waals surface area contributed by atoms with Gasteiger partial charge < -0.3 is 10.5 Å². The number of carbonyl (C=O) groups excluding carboxylic acids is 1. The minimum absolute atomic E-state index is 0.0472. The first-order valence-corrected chi connectivity index (χ1v) is 5.11. The zero-order valence-corrected chi connectivity index (χ0v) is 9.46. The number of methoxy groups -OCH3 is 1. The molecule has 1 aromatic rings. The molecule has 0 saturated carbocycles. The van der Waals surface area contributed by atoms with E-state index in [1.54, 1.807) is 12.1 Å². The lowest BCUT2D eigenvalue weighted by Crippen LogP contribution is -2.31. The topological polar surface area (TPSA) is 95.5 Å². The number of nitrogens with two attached hydrogens (primary N) is 1. The normalized spacial score (nSPS) is 11.9. The molecule has 92 valence electrons. The van der Waals surface area contributed by atoms with Crippen molar-refractivity contribution in [2.75, 3.05) is 7.11 Å². The van der Waals surface area contributed by atoms with Crippen molar-refractivity contribution in [1.29, 1.82) is 0 Å². The number of carbonyl (C=O) groups is 1. The van der Waals surface area contributed by atoms with Crippen molar-refractivity contribution in [3.63, 3.8) is 0 Å². The summed E-state index contributed by atoms with van der Waals surface area (Å²) in [5, 5.41) is 10.4. The minimum Gasteiger partial charge on any atom is -0.468 e. The molecule has 6 nitrogen and oxygen atoms in total. The van der Waals surface area contributed by atoms with Crippen LogP contribution in [0.1, 0.15) is 12.0 Å². The lowest BCUT2D eigenvalue weighted by molar-refractivity contribution is -0.384. The molecule has 1 atom stereocenters. The van der Waals surface area contributed by atoms with Gasteiger partial charge in [0, 0.05) is 12.1 Å². The smallest absolute Gasteiger partial charge is 0.322 e. The highest BCUT2D eigenvalue weighted by Gasteiger charge is 2.13. The summed E-state index contributed by atoms with van der Waals surface area (Å²) in [5.41, 5.74) is 6.52. The molecule has 0 amide bonds. The van der Waals surface area contributed by atoms with Crippen LogP contribution in [0.3, 0.4) is 0 Å². The van der Waals surface area contributed by atoms with Gasteiger partial charge in [0.2, 0.25) is 0 Å². The Morgan fingerprint density at radius 3 is 2.53 bits per heavy atom. The molecule has 2 N–H and O–H groups in total. The van der Waals surface area contributed by atoms with E-state index < -0.39 is 16.9 Å². The zero-order chi connectivity index (χ0) is 12.8. The molecule has 0 aliphatic carbocycles. The molecule has 6 heteroatoms. The number of rotatable bonds is 5. The fourth-order valence-electron chi connectivity index (χ4n) is 1.38. The van der Waals surface area contributed by atoms with Crippen LogP contribution in [0.5, 0.6) is 0 Å². The number of nitrogens with zero attached hydrogens (tertiary/aromatic N) is 1. The molecular weight excluding hydrogens is 224 g/mol. The number of ether oxygens (including phenoxy) is 1. The standard InChI is InChI=1S/C11H14N2O4/c1-17-11(14)10(12)7-4-8-2-5-9(6-3-8)13(15)16/h2-3,5-6,10H,4,7,12H2,1H3. The van der Waals surface area contributed by atoms with E-state index in [0.29, 0.717) is 12.8 Å². The minimum atomic E-state index is -0.657. The van der Waals surface area contributed by atoms with Crippen LogP contribution in [0, 0.1) is 10.1 Å². The molecule has 0 saturated heterocycles. The lowest BCUT2D eigenvalue weighted by atomic mass is 10.1. The molecule has 1 rings (SSSR count). The predicted octanol–water partition coefficient (Wildman–Crippen LogP) is 1.03. The quantitative estimate of drug-likeness (QED) is 0.469. The summed E-state index contributed by atoms with van der Waals surface area (Å²) in [6.07, 6.45) is 1.03. The summed E-state index contributed by atoms with van der Waals surface area (Å²) in [5.74, 6) is -0.452. The summed E-state index contributed by atoms with van der Waals surface area (Å²) in [7, 11) is 1.29. The largest absolute Gasteiger partial charge is 0.468 e. The van der Waals surface area contributed by atoms with Crippen LogP contribution in [0.2, 0.25) is 0 Å². The Bertz CT molecular complexity index is 402. The third-order valence-corrected chi connectivity index (χ3v) is 2.40. The van der Waals surface area contributed by atoms with Crippen molar-refractivity contribution in [1.82, 2.24) is 0 Å². The van der Waals surface area contributed by atoms with Crippen LogP contribution in [0.15, 0.2) is 24.3 Å². The van der Waals surface area contributed by atoms with E-state index in [1.807, 2.05) is 0 Å². The second-order valence-electron chi connectivity index (χ2n) is 3.59. The van der Waals surface area contributed by atoms with Crippen molar-refractivity contribution in [3.8, 4) is 0 Å². The summed E-state index contributed by atoms with van der Waals surface area (Å²) in [6.45, 7) is 0. The molecule has 0 aromatic heterocycles. The van der Waals surface area contributed by atoms with Crippen molar-refractivity contribution < 1.29 is 14.5 Å². The lowest BCUT2D eigenvalue weighted by Gasteiger charge is -2.08. The summed E-state index contributed by atoms with van der Waals surface area (Å²) < 4.78 is 4.50. The third kappa shape index (κ3) is 3.84. The molecule has 1 unspecified atom stereocenters. The van der Waals surface area contributed by atoms with Gasteiger partial charge in [-0.2, -0.15) is 0 Å². The van der Waals surface area contributed by atoms with Gasteiger partial charge in [-0.15, -0.1) is 0 Å². The molecule has 0 radical (unpaired) electrons. The number of nitro benzene ring substituents is 1. The van der Waals surface area contributed by atoms with Gasteiger partial charge in [0.05, 0.1) is 12.0 Å². The van der Waals surface area contributed by atoms with Gasteiger partial charge in [-0.1, -0.05) is 12.1 Å². The third-order valence-electron chi connectivity index (χ3n) is 2.40. The van der Waals surface area contributed by atoms with Gasteiger partial charge in [-0.05, 0) is 18.4 Å². The summed E-state index contributed by atoms with van der Waals surface area (Å²) in [6, 6.07) is 5.51. The Hall–Kier alpha value is -1.95. The number of hydrogen-bond acceptors (Lipinski definition) is 5. The number of hydrogen-bond donors (Lipinski definition) is 1. The van der Waals surface area contributed by atoms with Crippen LogP contribution in [0.4, 0.5) is 5.69 Å². The Morgan fingerprint density at radius 1 is 1.47 bits per heavy atom. The average molecular weight is 238 g/mol. The van der Waals surface area contributed by atoms with Gasteiger partial charge in [-0.25, -0.2) is 0 Å². The maximum atomic E-state index is 11.0. The van der Waals surface area contributed by atoms with Crippen LogP contribution in [-0.4, -0.2) is 24.0 Å². The van der Waals surface area contributed by atoms with E-state index in [9.17, 15) is 14.9 Å².